The van der Waals surface area contributed by atoms with Gasteiger partial charge < -0.3 is 15.0 Å². The lowest BCUT2D eigenvalue weighted by Gasteiger charge is -2.17. The Morgan fingerprint density at radius 2 is 2.14 bits per heavy atom. The van der Waals surface area contributed by atoms with Crippen molar-refractivity contribution in [3.05, 3.63) is 28.7 Å². The van der Waals surface area contributed by atoms with Crippen molar-refractivity contribution in [2.45, 2.75) is 32.3 Å². The number of likely N-dealkylation sites (tertiary alicyclic amines) is 1. The zero-order valence-electron chi connectivity index (χ0n) is 12.7. The Bertz CT molecular complexity index is 519. The van der Waals surface area contributed by atoms with Crippen LogP contribution in [0.2, 0.25) is 0 Å². The van der Waals surface area contributed by atoms with E-state index in [0.717, 1.165) is 23.9 Å². The number of hydrogen-bond acceptors (Lipinski definition) is 3. The van der Waals surface area contributed by atoms with Crippen LogP contribution < -0.4 is 10.1 Å². The Kier molecular flexibility index (Phi) is 6.24. The van der Waals surface area contributed by atoms with Crippen molar-refractivity contribution in [1.29, 1.82) is 0 Å². The van der Waals surface area contributed by atoms with E-state index >= 15 is 0 Å². The second-order valence-electron chi connectivity index (χ2n) is 5.34. The molecule has 2 rings (SSSR count). The molecule has 120 valence electrons. The van der Waals surface area contributed by atoms with Crippen molar-refractivity contribution in [1.82, 2.24) is 10.2 Å². The van der Waals surface area contributed by atoms with E-state index in [1.165, 1.54) is 0 Å². The van der Waals surface area contributed by atoms with Gasteiger partial charge in [0.2, 0.25) is 5.91 Å². The van der Waals surface area contributed by atoms with Crippen LogP contribution in [0.3, 0.4) is 0 Å². The van der Waals surface area contributed by atoms with Crippen molar-refractivity contribution in [3.8, 4) is 5.75 Å². The molecular formula is C16H21BrN2O3. The van der Waals surface area contributed by atoms with Crippen LogP contribution in [0.25, 0.3) is 0 Å². The Labute approximate surface area is 139 Å². The predicted octanol–water partition coefficient (Wildman–Crippen LogP) is 2.35. The molecule has 1 aromatic rings. The van der Waals surface area contributed by atoms with Gasteiger partial charge in [-0.2, -0.15) is 0 Å². The minimum Gasteiger partial charge on any atom is -0.481 e. The fraction of sp³-hybridized carbons (Fsp3) is 0.500. The molecule has 22 heavy (non-hydrogen) atoms. The molecule has 1 aromatic carbocycles. The summed E-state index contributed by atoms with van der Waals surface area (Å²) in [6.45, 7) is 3.83. The van der Waals surface area contributed by atoms with Gasteiger partial charge in [0.05, 0.1) is 0 Å². The predicted molar refractivity (Wildman–Crippen MR) is 87.7 cm³/mol. The van der Waals surface area contributed by atoms with Crippen molar-refractivity contribution in [2.24, 2.45) is 0 Å². The third-order valence-corrected chi connectivity index (χ3v) is 4.10. The van der Waals surface area contributed by atoms with E-state index in [1.807, 2.05) is 29.2 Å². The van der Waals surface area contributed by atoms with Crippen LogP contribution in [0.15, 0.2) is 28.7 Å². The van der Waals surface area contributed by atoms with Gasteiger partial charge in [0.15, 0.2) is 6.10 Å². The van der Waals surface area contributed by atoms with E-state index in [1.54, 1.807) is 6.92 Å². The highest BCUT2D eigenvalue weighted by Crippen LogP contribution is 2.17. The molecule has 0 spiro atoms. The van der Waals surface area contributed by atoms with Gasteiger partial charge in [-0.1, -0.05) is 15.9 Å². The Morgan fingerprint density at radius 1 is 1.41 bits per heavy atom. The Hall–Kier alpha value is -1.56. The quantitative estimate of drug-likeness (QED) is 0.751. The SMILES string of the molecule is C[C@@H](Oc1ccc(Br)cc1)C(=O)NCCCN1CCCC1=O. The Balaban J connectivity index is 1.65. The van der Waals surface area contributed by atoms with Crippen molar-refractivity contribution >= 4 is 27.7 Å². The lowest BCUT2D eigenvalue weighted by Crippen LogP contribution is -2.38. The van der Waals surface area contributed by atoms with E-state index in [9.17, 15) is 9.59 Å². The first-order valence-corrected chi connectivity index (χ1v) is 8.33. The maximum atomic E-state index is 11.9. The second kappa shape index (κ2) is 8.17. The van der Waals surface area contributed by atoms with Crippen LogP contribution in [-0.4, -0.2) is 42.5 Å². The summed E-state index contributed by atoms with van der Waals surface area (Å²) in [5.41, 5.74) is 0. The van der Waals surface area contributed by atoms with Crippen molar-refractivity contribution in [2.75, 3.05) is 19.6 Å². The topological polar surface area (TPSA) is 58.6 Å². The van der Waals surface area contributed by atoms with Gasteiger partial charge in [-0.3, -0.25) is 9.59 Å². The number of carbonyl (C=O) groups excluding carboxylic acids is 2. The molecule has 1 heterocycles. The summed E-state index contributed by atoms with van der Waals surface area (Å²) in [6, 6.07) is 7.36. The summed E-state index contributed by atoms with van der Waals surface area (Å²) in [5.74, 6) is 0.738. The fourth-order valence-corrected chi connectivity index (χ4v) is 2.60. The molecule has 1 aliphatic rings. The number of carbonyl (C=O) groups is 2. The first kappa shape index (κ1) is 16.8. The molecule has 1 fully saturated rings. The lowest BCUT2D eigenvalue weighted by molar-refractivity contribution is -0.127. The van der Waals surface area contributed by atoms with Crippen LogP contribution in [0.4, 0.5) is 0 Å². The third-order valence-electron chi connectivity index (χ3n) is 3.57. The molecule has 6 heteroatoms. The number of halogens is 1. The molecule has 0 radical (unpaired) electrons. The molecule has 0 aromatic heterocycles. The average molecular weight is 369 g/mol. The zero-order chi connectivity index (χ0) is 15.9. The third kappa shape index (κ3) is 5.02. The van der Waals surface area contributed by atoms with Gasteiger partial charge >= 0.3 is 0 Å². The lowest BCUT2D eigenvalue weighted by atomic mass is 10.3. The molecule has 5 nitrogen and oxygen atoms in total. The van der Waals surface area contributed by atoms with Crippen molar-refractivity contribution < 1.29 is 14.3 Å². The summed E-state index contributed by atoms with van der Waals surface area (Å²) in [5, 5.41) is 2.84. The standard InChI is InChI=1S/C16H21BrN2O3/c1-12(22-14-7-5-13(17)6-8-14)16(21)18-9-3-11-19-10-2-4-15(19)20/h5-8,12H,2-4,9-11H2,1H3,(H,18,21)/t12-/m1/s1. The summed E-state index contributed by atoms with van der Waals surface area (Å²) in [4.78, 5) is 25.3. The Morgan fingerprint density at radius 3 is 2.77 bits per heavy atom. The number of benzene rings is 1. The maximum absolute atomic E-state index is 11.9. The molecule has 0 saturated carbocycles. The highest BCUT2D eigenvalue weighted by molar-refractivity contribution is 9.10. The highest BCUT2D eigenvalue weighted by Gasteiger charge is 2.19. The van der Waals surface area contributed by atoms with E-state index < -0.39 is 6.10 Å². The number of nitrogens with one attached hydrogen (secondary N) is 1. The second-order valence-corrected chi connectivity index (χ2v) is 6.26. The number of nitrogens with zero attached hydrogens (tertiary/aromatic N) is 1. The van der Waals surface area contributed by atoms with Crippen LogP contribution in [0, 0.1) is 0 Å². The number of ether oxygens (including phenoxy) is 1. The fourth-order valence-electron chi connectivity index (χ4n) is 2.34. The van der Waals surface area contributed by atoms with Gasteiger partial charge in [0, 0.05) is 30.5 Å². The first-order valence-electron chi connectivity index (χ1n) is 7.54. The molecule has 0 aliphatic carbocycles. The van der Waals surface area contributed by atoms with Crippen LogP contribution >= 0.6 is 15.9 Å². The molecule has 1 saturated heterocycles. The number of hydrogen-bond donors (Lipinski definition) is 1. The number of amides is 2. The average Bonchev–Trinajstić information content (AvgIpc) is 2.91. The zero-order valence-corrected chi connectivity index (χ0v) is 14.3. The number of rotatable bonds is 7. The minimum atomic E-state index is -0.547. The van der Waals surface area contributed by atoms with Crippen LogP contribution in [0.5, 0.6) is 5.75 Å². The summed E-state index contributed by atoms with van der Waals surface area (Å²) in [7, 11) is 0. The highest BCUT2D eigenvalue weighted by atomic mass is 79.9. The molecule has 1 aliphatic heterocycles. The molecular weight excluding hydrogens is 348 g/mol. The van der Waals surface area contributed by atoms with E-state index in [2.05, 4.69) is 21.2 Å². The minimum absolute atomic E-state index is 0.143. The van der Waals surface area contributed by atoms with E-state index in [-0.39, 0.29) is 11.8 Å². The largest absolute Gasteiger partial charge is 0.481 e. The molecule has 2 amide bonds. The summed E-state index contributed by atoms with van der Waals surface area (Å²) in [6.07, 6.45) is 1.82. The van der Waals surface area contributed by atoms with E-state index in [0.29, 0.717) is 25.3 Å². The first-order chi connectivity index (χ1) is 10.6. The van der Waals surface area contributed by atoms with Crippen molar-refractivity contribution in [3.63, 3.8) is 0 Å². The van der Waals surface area contributed by atoms with Crippen LogP contribution in [0.1, 0.15) is 26.2 Å². The van der Waals surface area contributed by atoms with Gasteiger partial charge in [0.25, 0.3) is 5.91 Å². The monoisotopic (exact) mass is 368 g/mol. The molecule has 0 bridgehead atoms. The van der Waals surface area contributed by atoms with E-state index in [4.69, 9.17) is 4.74 Å². The molecule has 0 unspecified atom stereocenters. The van der Waals surface area contributed by atoms with Gasteiger partial charge in [-0.15, -0.1) is 0 Å². The van der Waals surface area contributed by atoms with Gasteiger partial charge in [-0.25, -0.2) is 0 Å². The van der Waals surface area contributed by atoms with Gasteiger partial charge in [-0.05, 0) is 44.0 Å². The maximum Gasteiger partial charge on any atom is 0.260 e. The summed E-state index contributed by atoms with van der Waals surface area (Å²) < 4.78 is 6.55. The smallest absolute Gasteiger partial charge is 0.260 e. The summed E-state index contributed by atoms with van der Waals surface area (Å²) >= 11 is 3.35. The molecule has 1 atom stereocenters. The molecule has 1 N–H and O–H groups in total. The van der Waals surface area contributed by atoms with Gasteiger partial charge in [0.1, 0.15) is 5.75 Å². The normalized spacial score (nSPS) is 15.7. The van der Waals surface area contributed by atoms with Crippen LogP contribution in [-0.2, 0) is 9.59 Å².